The molecule has 0 heterocycles. The molecule has 256 valence electrons. The molecule has 6 bridgehead atoms. The summed E-state index contributed by atoms with van der Waals surface area (Å²) in [6.07, 6.45) is 14.1. The van der Waals surface area contributed by atoms with Crippen LogP contribution in [0.2, 0.25) is 0 Å². The second-order valence-electron chi connectivity index (χ2n) is 18.4. The van der Waals surface area contributed by atoms with Crippen LogP contribution in [0.15, 0.2) is 115 Å². The highest BCUT2D eigenvalue weighted by molar-refractivity contribution is 5.93. The van der Waals surface area contributed by atoms with Crippen LogP contribution in [0.1, 0.15) is 101 Å². The highest BCUT2D eigenvalue weighted by atomic mass is 15.2. The van der Waals surface area contributed by atoms with Gasteiger partial charge < -0.3 is 4.90 Å². The number of benzene rings is 5. The summed E-state index contributed by atoms with van der Waals surface area (Å²) in [7, 11) is 0. The lowest BCUT2D eigenvalue weighted by molar-refractivity contribution is 0.000581. The lowest BCUT2D eigenvalue weighted by atomic mass is 9.52. The van der Waals surface area contributed by atoms with E-state index in [-0.39, 0.29) is 11.0 Å². The molecule has 1 nitrogen and oxygen atoms in total. The SMILES string of the molecule is CC1(C)c2ccccc2-c2cc(-c3ccc(-c4ccccc4)cc3)c(N(c3ccc(C4CC5CCC4C5)cc3)C34CC5CC(CC(C5)C3)C4)cc21. The summed E-state index contributed by atoms with van der Waals surface area (Å²) < 4.78 is 0. The summed E-state index contributed by atoms with van der Waals surface area (Å²) >= 11 is 0. The fourth-order valence-electron chi connectivity index (χ4n) is 13.2. The van der Waals surface area contributed by atoms with Gasteiger partial charge in [-0.25, -0.2) is 0 Å². The van der Waals surface area contributed by atoms with Crippen molar-refractivity contribution in [3.8, 4) is 33.4 Å². The van der Waals surface area contributed by atoms with E-state index in [9.17, 15) is 0 Å². The molecule has 0 aromatic heterocycles. The van der Waals surface area contributed by atoms with Crippen molar-refractivity contribution in [2.45, 2.75) is 94.9 Å². The van der Waals surface area contributed by atoms with Gasteiger partial charge in [-0.3, -0.25) is 0 Å². The van der Waals surface area contributed by atoms with E-state index in [4.69, 9.17) is 0 Å². The van der Waals surface area contributed by atoms with Crippen molar-refractivity contribution >= 4 is 11.4 Å². The van der Waals surface area contributed by atoms with Crippen LogP contribution < -0.4 is 4.90 Å². The molecule has 1 heteroatoms. The second-order valence-corrected chi connectivity index (χ2v) is 18.4. The molecule has 12 rings (SSSR count). The second kappa shape index (κ2) is 11.2. The Morgan fingerprint density at radius 2 is 1.16 bits per heavy atom. The lowest BCUT2D eigenvalue weighted by Gasteiger charge is -2.61. The molecule has 7 aliphatic carbocycles. The smallest absolute Gasteiger partial charge is 0.0499 e. The first-order chi connectivity index (χ1) is 24.9. The third kappa shape index (κ3) is 4.72. The Hall–Kier alpha value is -4.10. The number of hydrogen-bond donors (Lipinski definition) is 0. The lowest BCUT2D eigenvalue weighted by Crippen LogP contribution is -2.59. The van der Waals surface area contributed by atoms with Gasteiger partial charge in [-0.1, -0.05) is 111 Å². The maximum atomic E-state index is 2.95. The first kappa shape index (κ1) is 30.5. The minimum Gasteiger partial charge on any atom is -0.335 e. The fraction of sp³-hybridized carbons (Fsp3) is 0.400. The van der Waals surface area contributed by atoms with E-state index >= 15 is 0 Å². The molecule has 0 aliphatic heterocycles. The van der Waals surface area contributed by atoms with Gasteiger partial charge in [0.25, 0.3) is 0 Å². The zero-order valence-corrected chi connectivity index (χ0v) is 30.5. The first-order valence-electron chi connectivity index (χ1n) is 20.3. The molecule has 51 heavy (non-hydrogen) atoms. The standard InChI is InChI=1S/C50H51N/c1-49(2)46-11-7-6-10-42(46)45-27-44(39-16-14-37(15-17-39)36-8-4-3-5-9-36)48(28-47(45)49)51(50-29-33-22-34(30-50)24-35(23-33)31-50)41-20-18-38(19-21-41)43-26-32-12-13-40(43)25-32/h3-11,14-21,27-28,32-35,40,43H,12-13,22-26,29-31H2,1-2H3. The largest absolute Gasteiger partial charge is 0.335 e. The normalized spacial score (nSPS) is 30.4. The van der Waals surface area contributed by atoms with Crippen LogP contribution in [-0.4, -0.2) is 5.54 Å². The molecule has 0 spiro atoms. The van der Waals surface area contributed by atoms with Crippen molar-refractivity contribution in [1.82, 2.24) is 0 Å². The molecular formula is C50H51N. The van der Waals surface area contributed by atoms with Gasteiger partial charge in [-0.15, -0.1) is 0 Å². The zero-order valence-electron chi connectivity index (χ0n) is 30.5. The number of nitrogens with zero attached hydrogens (tertiary/aromatic N) is 1. The minimum atomic E-state index is -0.0465. The summed E-state index contributed by atoms with van der Waals surface area (Å²) in [6, 6.07) is 45.0. The third-order valence-corrected chi connectivity index (χ3v) is 15.0. The molecule has 6 saturated carbocycles. The van der Waals surface area contributed by atoms with Crippen LogP contribution in [0.4, 0.5) is 11.4 Å². The van der Waals surface area contributed by atoms with Crippen molar-refractivity contribution in [3.05, 3.63) is 132 Å². The van der Waals surface area contributed by atoms with Gasteiger partial charge in [0, 0.05) is 27.9 Å². The fourth-order valence-corrected chi connectivity index (χ4v) is 13.2. The Bertz CT molecular complexity index is 2080. The van der Waals surface area contributed by atoms with Crippen LogP contribution in [0, 0.1) is 29.6 Å². The maximum absolute atomic E-state index is 2.95. The van der Waals surface area contributed by atoms with Crippen molar-refractivity contribution in [1.29, 1.82) is 0 Å². The Balaban J connectivity index is 1.11. The molecule has 0 N–H and O–H groups in total. The molecule has 3 atom stereocenters. The Labute approximate surface area is 305 Å². The molecular weight excluding hydrogens is 615 g/mol. The van der Waals surface area contributed by atoms with Crippen molar-refractivity contribution in [3.63, 3.8) is 0 Å². The number of hydrogen-bond acceptors (Lipinski definition) is 1. The van der Waals surface area contributed by atoms with Crippen LogP contribution >= 0.6 is 0 Å². The average molecular weight is 666 g/mol. The van der Waals surface area contributed by atoms with E-state index in [0.717, 1.165) is 35.5 Å². The van der Waals surface area contributed by atoms with Gasteiger partial charge in [0.05, 0.1) is 0 Å². The third-order valence-electron chi connectivity index (χ3n) is 15.0. The minimum absolute atomic E-state index is 0.0465. The quantitative estimate of drug-likeness (QED) is 0.174. The van der Waals surface area contributed by atoms with E-state index in [2.05, 4.69) is 134 Å². The first-order valence-corrected chi connectivity index (χ1v) is 20.3. The summed E-state index contributed by atoms with van der Waals surface area (Å²) in [5.41, 5.74) is 15.6. The highest BCUT2D eigenvalue weighted by Gasteiger charge is 2.55. The maximum Gasteiger partial charge on any atom is 0.0499 e. The molecule has 7 aliphatic rings. The van der Waals surface area contributed by atoms with Crippen LogP contribution in [0.5, 0.6) is 0 Å². The molecule has 6 fully saturated rings. The van der Waals surface area contributed by atoms with E-state index in [1.54, 1.807) is 5.56 Å². The van der Waals surface area contributed by atoms with Crippen LogP contribution in [-0.2, 0) is 5.41 Å². The summed E-state index contributed by atoms with van der Waals surface area (Å²) in [4.78, 5) is 2.95. The number of rotatable bonds is 6. The van der Waals surface area contributed by atoms with Crippen molar-refractivity contribution < 1.29 is 0 Å². The Kier molecular flexibility index (Phi) is 6.70. The number of fused-ring (bicyclic) bond motifs is 5. The van der Waals surface area contributed by atoms with Gasteiger partial charge >= 0.3 is 0 Å². The predicted molar refractivity (Wildman–Crippen MR) is 213 cm³/mol. The summed E-state index contributed by atoms with van der Waals surface area (Å²) in [6.45, 7) is 4.91. The van der Waals surface area contributed by atoms with Crippen LogP contribution in [0.25, 0.3) is 33.4 Å². The zero-order chi connectivity index (χ0) is 33.9. The highest BCUT2D eigenvalue weighted by Crippen LogP contribution is 2.62. The number of anilines is 2. The van der Waals surface area contributed by atoms with Crippen LogP contribution in [0.3, 0.4) is 0 Å². The monoisotopic (exact) mass is 665 g/mol. The predicted octanol–water partition coefficient (Wildman–Crippen LogP) is 13.3. The van der Waals surface area contributed by atoms with Gasteiger partial charge in [0.1, 0.15) is 0 Å². The molecule has 0 radical (unpaired) electrons. The Morgan fingerprint density at radius 1 is 0.510 bits per heavy atom. The summed E-state index contributed by atoms with van der Waals surface area (Å²) in [5.74, 6) is 5.26. The molecule has 3 unspecified atom stereocenters. The van der Waals surface area contributed by atoms with E-state index in [0.29, 0.717) is 0 Å². The van der Waals surface area contributed by atoms with Crippen molar-refractivity contribution in [2.24, 2.45) is 29.6 Å². The van der Waals surface area contributed by atoms with Gasteiger partial charge in [-0.05, 0) is 162 Å². The molecule has 5 aromatic carbocycles. The van der Waals surface area contributed by atoms with Gasteiger partial charge in [0.2, 0.25) is 0 Å². The van der Waals surface area contributed by atoms with Gasteiger partial charge in [-0.2, -0.15) is 0 Å². The van der Waals surface area contributed by atoms with Crippen molar-refractivity contribution in [2.75, 3.05) is 4.90 Å². The topological polar surface area (TPSA) is 3.24 Å². The van der Waals surface area contributed by atoms with E-state index in [1.165, 1.54) is 120 Å². The molecule has 5 aromatic rings. The summed E-state index contributed by atoms with van der Waals surface area (Å²) in [5, 5.41) is 0. The van der Waals surface area contributed by atoms with E-state index in [1.807, 2.05) is 0 Å². The van der Waals surface area contributed by atoms with Gasteiger partial charge in [0.15, 0.2) is 0 Å². The average Bonchev–Trinajstić information content (AvgIpc) is 3.85. The Morgan fingerprint density at radius 3 is 1.82 bits per heavy atom. The van der Waals surface area contributed by atoms with E-state index < -0.39 is 0 Å². The molecule has 0 amide bonds. The molecule has 0 saturated heterocycles.